The first-order valence-electron chi connectivity index (χ1n) is 6.27. The number of nitrogens with one attached hydrogen (secondary N) is 1. The molecule has 0 aliphatic heterocycles. The molecule has 2 rings (SSSR count). The molecule has 126 valence electrons. The smallest absolute Gasteiger partial charge is 0.283 e. The molecule has 0 bridgehead atoms. The van der Waals surface area contributed by atoms with Crippen molar-refractivity contribution in [3.05, 3.63) is 27.0 Å². The fourth-order valence-corrected chi connectivity index (χ4v) is 2.89. The minimum Gasteiger partial charge on any atom is -0.300 e. The number of alkyl halides is 4. The van der Waals surface area contributed by atoms with Gasteiger partial charge < -0.3 is 5.32 Å². The van der Waals surface area contributed by atoms with Crippen LogP contribution in [-0.2, 0) is 11.3 Å². The number of hydrogen-bond donors (Lipinski definition) is 1. The van der Waals surface area contributed by atoms with Crippen LogP contribution < -0.4 is 5.32 Å². The van der Waals surface area contributed by atoms with Crippen molar-refractivity contribution in [1.29, 1.82) is 0 Å². The Morgan fingerprint density at radius 2 is 1.96 bits per heavy atom. The minimum atomic E-state index is -3.14. The molecule has 2 aromatic rings. The normalized spacial score (nSPS) is 11.5. The van der Waals surface area contributed by atoms with E-state index in [9.17, 15) is 22.4 Å². The van der Waals surface area contributed by atoms with Gasteiger partial charge in [-0.3, -0.25) is 9.48 Å². The molecular weight excluding hydrogens is 360 g/mol. The van der Waals surface area contributed by atoms with Gasteiger partial charge >= 0.3 is 0 Å². The Labute approximate surface area is 137 Å². The van der Waals surface area contributed by atoms with Crippen molar-refractivity contribution in [2.75, 3.05) is 5.32 Å². The van der Waals surface area contributed by atoms with E-state index in [0.29, 0.717) is 4.68 Å². The van der Waals surface area contributed by atoms with Crippen LogP contribution in [0.4, 0.5) is 22.7 Å². The van der Waals surface area contributed by atoms with E-state index >= 15 is 0 Å². The molecule has 1 N–H and O–H groups in total. The summed E-state index contributed by atoms with van der Waals surface area (Å²) in [7, 11) is 0. The third-order valence-electron chi connectivity index (χ3n) is 2.94. The maximum atomic E-state index is 13.0. The first-order valence-corrected chi connectivity index (χ1v) is 7.46. The van der Waals surface area contributed by atoms with Crippen molar-refractivity contribution < 1.29 is 22.4 Å². The molecule has 11 heteroatoms. The summed E-state index contributed by atoms with van der Waals surface area (Å²) in [4.78, 5) is 16.8. The molecule has 23 heavy (non-hydrogen) atoms. The number of carbonyl (C=O) groups excluding carboxylic acids is 1. The molecular formula is C12H11ClF4N4OS. The number of anilines is 1. The Morgan fingerprint density at radius 3 is 2.43 bits per heavy atom. The summed E-state index contributed by atoms with van der Waals surface area (Å²) >= 11 is 6.71. The molecule has 0 aromatic carbocycles. The molecule has 0 radical (unpaired) electrons. The molecule has 0 aliphatic carbocycles. The quantitative estimate of drug-likeness (QED) is 0.805. The van der Waals surface area contributed by atoms with Gasteiger partial charge in [-0.1, -0.05) is 11.6 Å². The van der Waals surface area contributed by atoms with Crippen LogP contribution in [0.1, 0.15) is 34.8 Å². The number of amides is 1. The van der Waals surface area contributed by atoms with Crippen LogP contribution in [0.3, 0.4) is 0 Å². The van der Waals surface area contributed by atoms with Crippen LogP contribution in [0.5, 0.6) is 0 Å². The summed E-state index contributed by atoms with van der Waals surface area (Å²) in [5.41, 5.74) is -1.17. The van der Waals surface area contributed by atoms with Gasteiger partial charge in [0.1, 0.15) is 17.9 Å². The highest BCUT2D eigenvalue weighted by molar-refractivity contribution is 7.15. The van der Waals surface area contributed by atoms with E-state index in [1.165, 1.54) is 11.3 Å². The largest absolute Gasteiger partial charge is 0.300 e. The van der Waals surface area contributed by atoms with Crippen molar-refractivity contribution in [1.82, 2.24) is 14.8 Å². The second-order valence-electron chi connectivity index (χ2n) is 4.55. The number of aromatic nitrogens is 3. The van der Waals surface area contributed by atoms with Gasteiger partial charge in [0.15, 0.2) is 5.13 Å². The van der Waals surface area contributed by atoms with Gasteiger partial charge in [0.05, 0.1) is 10.7 Å². The summed E-state index contributed by atoms with van der Waals surface area (Å²) in [5.74, 6) is -0.722. The van der Waals surface area contributed by atoms with Crippen molar-refractivity contribution in [3.8, 4) is 0 Å². The highest BCUT2D eigenvalue weighted by atomic mass is 35.5. The van der Waals surface area contributed by atoms with Crippen LogP contribution >= 0.6 is 22.9 Å². The average molecular weight is 371 g/mol. The lowest BCUT2D eigenvalue weighted by molar-refractivity contribution is -0.117. The van der Waals surface area contributed by atoms with Crippen LogP contribution in [0.15, 0.2) is 0 Å². The highest BCUT2D eigenvalue weighted by Gasteiger charge is 2.28. The third-order valence-corrected chi connectivity index (χ3v) is 4.31. The second kappa shape index (κ2) is 6.83. The highest BCUT2D eigenvalue weighted by Crippen LogP contribution is 2.34. The maximum absolute atomic E-state index is 13.0. The number of thiazole rings is 1. The van der Waals surface area contributed by atoms with E-state index in [1.807, 2.05) is 0 Å². The fraction of sp³-hybridized carbons (Fsp3) is 0.417. The van der Waals surface area contributed by atoms with Crippen LogP contribution in [0.2, 0.25) is 5.02 Å². The fourth-order valence-electron chi connectivity index (χ4n) is 1.76. The molecule has 0 unspecified atom stereocenters. The molecule has 0 atom stereocenters. The lowest BCUT2D eigenvalue weighted by atomic mass is 10.3. The molecule has 2 aromatic heterocycles. The monoisotopic (exact) mass is 370 g/mol. The van der Waals surface area contributed by atoms with Crippen LogP contribution in [0, 0.1) is 13.8 Å². The maximum Gasteiger partial charge on any atom is 0.283 e. The number of halogens is 5. The molecule has 2 heterocycles. The number of nitrogens with zero attached hydrogens (tertiary/aromatic N) is 3. The second-order valence-corrected chi connectivity index (χ2v) is 6.13. The lowest BCUT2D eigenvalue weighted by Gasteiger charge is -2.06. The summed E-state index contributed by atoms with van der Waals surface area (Å²) < 4.78 is 51.8. The first kappa shape index (κ1) is 17.7. The van der Waals surface area contributed by atoms with Crippen LogP contribution in [0.25, 0.3) is 0 Å². The third kappa shape index (κ3) is 3.81. The average Bonchev–Trinajstić information content (AvgIpc) is 2.90. The number of aryl methyl sites for hydroxylation is 2. The summed E-state index contributed by atoms with van der Waals surface area (Å²) in [5, 5.41) is 5.18. The molecule has 0 fully saturated rings. The summed E-state index contributed by atoms with van der Waals surface area (Å²) in [6.07, 6.45) is -6.26. The van der Waals surface area contributed by atoms with E-state index in [0.717, 1.165) is 10.6 Å². The van der Waals surface area contributed by atoms with E-state index in [1.54, 1.807) is 13.8 Å². The number of carbonyl (C=O) groups is 1. The van der Waals surface area contributed by atoms with Crippen molar-refractivity contribution >= 4 is 34.0 Å². The Balaban J connectivity index is 2.21. The van der Waals surface area contributed by atoms with E-state index in [2.05, 4.69) is 15.4 Å². The Kier molecular flexibility index (Phi) is 5.25. The van der Waals surface area contributed by atoms with Gasteiger partial charge in [0, 0.05) is 4.88 Å². The number of hydrogen-bond acceptors (Lipinski definition) is 4. The zero-order valence-corrected chi connectivity index (χ0v) is 13.5. The van der Waals surface area contributed by atoms with Gasteiger partial charge in [0.25, 0.3) is 12.9 Å². The molecule has 0 saturated carbocycles. The zero-order chi connectivity index (χ0) is 17.3. The molecule has 0 spiro atoms. The predicted octanol–water partition coefficient (Wildman–Crippen LogP) is 4.12. The Hall–Kier alpha value is -1.68. The molecule has 0 aliphatic rings. The Morgan fingerprint density at radius 1 is 1.30 bits per heavy atom. The summed E-state index contributed by atoms with van der Waals surface area (Å²) in [6.45, 7) is 2.88. The van der Waals surface area contributed by atoms with Crippen molar-refractivity contribution in [2.24, 2.45) is 0 Å². The molecule has 1 amide bonds. The van der Waals surface area contributed by atoms with E-state index < -0.39 is 41.7 Å². The molecule has 0 saturated heterocycles. The van der Waals surface area contributed by atoms with Crippen molar-refractivity contribution in [3.63, 3.8) is 0 Å². The topological polar surface area (TPSA) is 59.8 Å². The first-order chi connectivity index (χ1) is 10.7. The van der Waals surface area contributed by atoms with Gasteiger partial charge in [-0.05, 0) is 13.8 Å². The van der Waals surface area contributed by atoms with Gasteiger partial charge in [-0.25, -0.2) is 22.5 Å². The molecule has 5 nitrogen and oxygen atoms in total. The van der Waals surface area contributed by atoms with Gasteiger partial charge in [-0.2, -0.15) is 5.10 Å². The lowest BCUT2D eigenvalue weighted by Crippen LogP contribution is -2.21. The van der Waals surface area contributed by atoms with Crippen LogP contribution in [-0.4, -0.2) is 20.7 Å². The van der Waals surface area contributed by atoms with Gasteiger partial charge in [0.2, 0.25) is 5.91 Å². The number of rotatable bonds is 5. The predicted molar refractivity (Wildman–Crippen MR) is 77.4 cm³/mol. The standard InChI is InChI=1S/C12H11ClF4N4OS/c1-4-5(2)23-12(18-4)19-6(22)3-21-9(11(16)17)7(13)8(20-21)10(14)15/h10-11H,3H2,1-2H3,(H,18,19,22). The van der Waals surface area contributed by atoms with E-state index in [4.69, 9.17) is 11.6 Å². The summed E-state index contributed by atoms with van der Waals surface area (Å²) in [6, 6.07) is 0. The van der Waals surface area contributed by atoms with Crippen molar-refractivity contribution in [2.45, 2.75) is 33.2 Å². The minimum absolute atomic E-state index is 0.288. The SMILES string of the molecule is Cc1nc(NC(=O)Cn2nc(C(F)F)c(Cl)c2C(F)F)sc1C. The van der Waals surface area contributed by atoms with Gasteiger partial charge in [-0.15, -0.1) is 11.3 Å². The van der Waals surface area contributed by atoms with E-state index in [-0.39, 0.29) is 5.13 Å². The zero-order valence-electron chi connectivity index (χ0n) is 11.9. The Bertz CT molecular complexity index is 711.